The van der Waals surface area contributed by atoms with Crippen LogP contribution in [0.3, 0.4) is 0 Å². The highest BCUT2D eigenvalue weighted by Crippen LogP contribution is 2.30. The minimum Gasteiger partial charge on any atom is -0.330 e. The Morgan fingerprint density at radius 1 is 1.41 bits per heavy atom. The molecule has 0 saturated heterocycles. The van der Waals surface area contributed by atoms with E-state index in [0.717, 1.165) is 21.1 Å². The maximum atomic E-state index is 11.7. The first-order valence-electron chi connectivity index (χ1n) is 5.48. The fourth-order valence-corrected chi connectivity index (χ4v) is 2.51. The van der Waals surface area contributed by atoms with Crippen LogP contribution in [-0.2, 0) is 4.79 Å². The third-order valence-electron chi connectivity index (χ3n) is 2.49. The zero-order valence-electron chi connectivity index (χ0n) is 9.67. The summed E-state index contributed by atoms with van der Waals surface area (Å²) in [5.41, 5.74) is 6.29. The lowest BCUT2D eigenvalue weighted by Gasteiger charge is -2.11. The molecule has 0 aliphatic carbocycles. The third kappa shape index (κ3) is 4.77. The van der Waals surface area contributed by atoms with E-state index < -0.39 is 0 Å². The normalized spacial score (nSPS) is 12.2. The molecule has 0 spiro atoms. The van der Waals surface area contributed by atoms with Crippen molar-refractivity contribution < 1.29 is 4.79 Å². The van der Waals surface area contributed by atoms with E-state index in [9.17, 15) is 4.79 Å². The van der Waals surface area contributed by atoms with Crippen molar-refractivity contribution in [3.8, 4) is 0 Å². The van der Waals surface area contributed by atoms with Gasteiger partial charge in [-0.1, -0.05) is 13.0 Å². The molecule has 1 aromatic rings. The van der Waals surface area contributed by atoms with Crippen molar-refractivity contribution in [3.05, 3.63) is 27.1 Å². The van der Waals surface area contributed by atoms with Gasteiger partial charge in [0.25, 0.3) is 0 Å². The smallest absolute Gasteiger partial charge is 0.224 e. The summed E-state index contributed by atoms with van der Waals surface area (Å²) in [6.07, 6.45) is 1.30. The number of anilines is 1. The molecule has 0 heterocycles. The first kappa shape index (κ1) is 14.7. The van der Waals surface area contributed by atoms with E-state index in [2.05, 4.69) is 37.2 Å². The average Bonchev–Trinajstić information content (AvgIpc) is 2.31. The van der Waals surface area contributed by atoms with E-state index in [4.69, 9.17) is 5.73 Å². The van der Waals surface area contributed by atoms with Gasteiger partial charge in [0.1, 0.15) is 0 Å². The van der Waals surface area contributed by atoms with Gasteiger partial charge >= 0.3 is 0 Å². The highest BCUT2D eigenvalue weighted by molar-refractivity contribution is 9.11. The van der Waals surface area contributed by atoms with E-state index >= 15 is 0 Å². The molecule has 0 radical (unpaired) electrons. The quantitative estimate of drug-likeness (QED) is 0.840. The molecule has 1 aromatic carbocycles. The topological polar surface area (TPSA) is 55.1 Å². The molecular formula is C12H16Br2N2O. The zero-order valence-corrected chi connectivity index (χ0v) is 12.8. The molecule has 0 aliphatic rings. The van der Waals surface area contributed by atoms with E-state index in [-0.39, 0.29) is 5.91 Å². The standard InChI is InChI=1S/C12H16Br2N2O/c1-8(7-15)5-6-11(17)16-12-9(13)3-2-4-10(12)14/h2-4,8H,5-7,15H2,1H3,(H,16,17). The van der Waals surface area contributed by atoms with Crippen molar-refractivity contribution in [2.45, 2.75) is 19.8 Å². The van der Waals surface area contributed by atoms with Crippen molar-refractivity contribution in [2.24, 2.45) is 11.7 Å². The van der Waals surface area contributed by atoms with Gasteiger partial charge in [-0.3, -0.25) is 4.79 Å². The van der Waals surface area contributed by atoms with E-state index in [1.807, 2.05) is 25.1 Å². The summed E-state index contributed by atoms with van der Waals surface area (Å²) in [6.45, 7) is 2.66. The highest BCUT2D eigenvalue weighted by atomic mass is 79.9. The average molecular weight is 364 g/mol. The van der Waals surface area contributed by atoms with E-state index in [0.29, 0.717) is 18.9 Å². The number of benzene rings is 1. The summed E-state index contributed by atoms with van der Waals surface area (Å²) in [5.74, 6) is 0.390. The van der Waals surface area contributed by atoms with Gasteiger partial charge in [-0.05, 0) is 62.9 Å². The fourth-order valence-electron chi connectivity index (χ4n) is 1.31. The number of carbonyl (C=O) groups excluding carboxylic acids is 1. The third-order valence-corrected chi connectivity index (χ3v) is 3.82. The van der Waals surface area contributed by atoms with Gasteiger partial charge in [0, 0.05) is 15.4 Å². The van der Waals surface area contributed by atoms with Crippen molar-refractivity contribution in [3.63, 3.8) is 0 Å². The van der Waals surface area contributed by atoms with Crippen LogP contribution in [0.4, 0.5) is 5.69 Å². The van der Waals surface area contributed by atoms with Crippen LogP contribution in [-0.4, -0.2) is 12.5 Å². The van der Waals surface area contributed by atoms with Gasteiger partial charge in [0.2, 0.25) is 5.91 Å². The number of carbonyl (C=O) groups is 1. The molecule has 94 valence electrons. The van der Waals surface area contributed by atoms with Gasteiger partial charge in [-0.25, -0.2) is 0 Å². The van der Waals surface area contributed by atoms with Gasteiger partial charge in [0.05, 0.1) is 5.69 Å². The second-order valence-corrected chi connectivity index (χ2v) is 5.73. The highest BCUT2D eigenvalue weighted by Gasteiger charge is 2.10. The molecule has 17 heavy (non-hydrogen) atoms. The van der Waals surface area contributed by atoms with E-state index in [1.54, 1.807) is 0 Å². The van der Waals surface area contributed by atoms with Crippen LogP contribution in [0.5, 0.6) is 0 Å². The predicted molar refractivity (Wildman–Crippen MR) is 77.9 cm³/mol. The SMILES string of the molecule is CC(CN)CCC(=O)Nc1c(Br)cccc1Br. The Labute approximate surface area is 118 Å². The van der Waals surface area contributed by atoms with Gasteiger partial charge in [0.15, 0.2) is 0 Å². The second-order valence-electron chi connectivity index (χ2n) is 4.02. The number of rotatable bonds is 5. The molecule has 0 fully saturated rings. The number of halogens is 2. The van der Waals surface area contributed by atoms with Crippen LogP contribution in [0.1, 0.15) is 19.8 Å². The van der Waals surface area contributed by atoms with Crippen molar-refractivity contribution >= 4 is 43.5 Å². The molecule has 0 saturated carbocycles. The molecule has 1 unspecified atom stereocenters. The Balaban J connectivity index is 2.56. The minimum atomic E-state index is 0.0119. The molecule has 0 aromatic heterocycles. The molecule has 3 nitrogen and oxygen atoms in total. The van der Waals surface area contributed by atoms with Crippen LogP contribution in [0, 0.1) is 5.92 Å². The van der Waals surface area contributed by atoms with Gasteiger partial charge in [-0.2, -0.15) is 0 Å². The summed E-state index contributed by atoms with van der Waals surface area (Å²) < 4.78 is 1.74. The summed E-state index contributed by atoms with van der Waals surface area (Å²) >= 11 is 6.81. The van der Waals surface area contributed by atoms with Gasteiger partial charge < -0.3 is 11.1 Å². The Morgan fingerprint density at radius 2 is 2.00 bits per heavy atom. The first-order valence-corrected chi connectivity index (χ1v) is 7.07. The molecule has 3 N–H and O–H groups in total. The number of amides is 1. The number of hydrogen-bond acceptors (Lipinski definition) is 2. The van der Waals surface area contributed by atoms with E-state index in [1.165, 1.54) is 0 Å². The monoisotopic (exact) mass is 362 g/mol. The second kappa shape index (κ2) is 7.13. The minimum absolute atomic E-state index is 0.0119. The molecule has 1 atom stereocenters. The molecule has 0 aliphatic heterocycles. The number of nitrogens with one attached hydrogen (secondary N) is 1. The largest absolute Gasteiger partial charge is 0.330 e. The first-order chi connectivity index (χ1) is 8.04. The summed E-state index contributed by atoms with van der Waals surface area (Å²) in [4.78, 5) is 11.7. The van der Waals surface area contributed by atoms with Crippen molar-refractivity contribution in [2.75, 3.05) is 11.9 Å². The van der Waals surface area contributed by atoms with Gasteiger partial charge in [-0.15, -0.1) is 0 Å². The Hall–Kier alpha value is -0.390. The van der Waals surface area contributed by atoms with Crippen molar-refractivity contribution in [1.82, 2.24) is 0 Å². The molecule has 1 rings (SSSR count). The number of hydrogen-bond donors (Lipinski definition) is 2. The Bertz CT molecular complexity index is 376. The van der Waals surface area contributed by atoms with Crippen LogP contribution >= 0.6 is 31.9 Å². The Morgan fingerprint density at radius 3 is 2.53 bits per heavy atom. The van der Waals surface area contributed by atoms with Crippen molar-refractivity contribution in [1.29, 1.82) is 0 Å². The van der Waals surface area contributed by atoms with Crippen LogP contribution in [0.2, 0.25) is 0 Å². The fraction of sp³-hybridized carbons (Fsp3) is 0.417. The predicted octanol–water partition coefficient (Wildman–Crippen LogP) is 3.53. The Kier molecular flexibility index (Phi) is 6.16. The summed E-state index contributed by atoms with van der Waals surface area (Å²) in [7, 11) is 0. The van der Waals surface area contributed by atoms with Crippen LogP contribution < -0.4 is 11.1 Å². The number of nitrogens with two attached hydrogens (primary N) is 1. The summed E-state index contributed by atoms with van der Waals surface area (Å²) in [5, 5.41) is 2.88. The lowest BCUT2D eigenvalue weighted by molar-refractivity contribution is -0.116. The molecule has 1 amide bonds. The lowest BCUT2D eigenvalue weighted by atomic mass is 10.1. The zero-order chi connectivity index (χ0) is 12.8. The molecular weight excluding hydrogens is 348 g/mol. The number of para-hydroxylation sites is 1. The maximum Gasteiger partial charge on any atom is 0.224 e. The van der Waals surface area contributed by atoms with Crippen LogP contribution in [0.15, 0.2) is 27.1 Å². The lowest BCUT2D eigenvalue weighted by Crippen LogP contribution is -2.16. The molecule has 0 bridgehead atoms. The maximum absolute atomic E-state index is 11.7. The van der Waals surface area contributed by atoms with Crippen LogP contribution in [0.25, 0.3) is 0 Å². The molecule has 5 heteroatoms. The summed E-state index contributed by atoms with van der Waals surface area (Å²) in [6, 6.07) is 5.69.